The lowest BCUT2D eigenvalue weighted by Crippen LogP contribution is -2.43. The molecule has 8 heteroatoms. The number of carbonyl (C=O) groups is 3. The first kappa shape index (κ1) is 27.3. The van der Waals surface area contributed by atoms with Crippen LogP contribution < -0.4 is 5.32 Å². The molecule has 0 aromatic heterocycles. The van der Waals surface area contributed by atoms with Gasteiger partial charge in [0.25, 0.3) is 5.91 Å². The second-order valence-electron chi connectivity index (χ2n) is 9.33. The van der Waals surface area contributed by atoms with Crippen LogP contribution >= 0.6 is 11.6 Å². The molecule has 1 unspecified atom stereocenters. The molecular formula is C26H34ClN3O4. The average molecular weight is 488 g/mol. The van der Waals surface area contributed by atoms with Crippen LogP contribution in [-0.2, 0) is 14.3 Å². The molecule has 0 aliphatic heterocycles. The minimum absolute atomic E-state index is 0.0174. The monoisotopic (exact) mass is 487 g/mol. The first-order chi connectivity index (χ1) is 16.0. The average Bonchev–Trinajstić information content (AvgIpc) is 2.75. The molecule has 0 bridgehead atoms. The maximum Gasteiger partial charge on any atom is 0.326 e. The van der Waals surface area contributed by atoms with E-state index >= 15 is 0 Å². The number of carbonyl (C=O) groups excluding carboxylic acids is 3. The number of nitrogens with zero attached hydrogens (tertiary/aromatic N) is 2. The molecule has 34 heavy (non-hydrogen) atoms. The molecule has 0 heterocycles. The van der Waals surface area contributed by atoms with E-state index in [-0.39, 0.29) is 24.8 Å². The largest absolute Gasteiger partial charge is 0.459 e. The summed E-state index contributed by atoms with van der Waals surface area (Å²) in [5, 5.41) is 3.26. The van der Waals surface area contributed by atoms with Crippen LogP contribution in [0.3, 0.4) is 0 Å². The van der Waals surface area contributed by atoms with Crippen LogP contribution in [0.4, 0.5) is 0 Å². The first-order valence-electron chi connectivity index (χ1n) is 11.2. The van der Waals surface area contributed by atoms with Gasteiger partial charge in [-0.1, -0.05) is 54.1 Å². The zero-order valence-electron chi connectivity index (χ0n) is 20.5. The van der Waals surface area contributed by atoms with E-state index in [1.54, 1.807) is 45.0 Å². The molecule has 0 radical (unpaired) electrons. The second-order valence-corrected chi connectivity index (χ2v) is 9.73. The lowest BCUT2D eigenvalue weighted by molar-refractivity contribution is -0.159. The van der Waals surface area contributed by atoms with Crippen LogP contribution in [0.25, 0.3) is 0 Å². The van der Waals surface area contributed by atoms with Crippen molar-refractivity contribution in [1.29, 1.82) is 0 Å². The third kappa shape index (κ3) is 9.15. The Bertz CT molecular complexity index is 974. The van der Waals surface area contributed by atoms with Gasteiger partial charge in [0, 0.05) is 13.1 Å². The minimum Gasteiger partial charge on any atom is -0.459 e. The Morgan fingerprint density at radius 1 is 0.971 bits per heavy atom. The molecule has 0 fully saturated rings. The van der Waals surface area contributed by atoms with Gasteiger partial charge in [0.05, 0.1) is 23.0 Å². The Morgan fingerprint density at radius 2 is 1.59 bits per heavy atom. The minimum atomic E-state index is -0.650. The number of ether oxygens (including phenoxy) is 1. The fraction of sp³-hybridized carbons (Fsp3) is 0.423. The van der Waals surface area contributed by atoms with Gasteiger partial charge >= 0.3 is 5.97 Å². The quantitative estimate of drug-likeness (QED) is 0.514. The summed E-state index contributed by atoms with van der Waals surface area (Å²) < 4.78 is 5.42. The SMILES string of the molecule is CN(C)CCN(CC(=O)OC(C)(C)C)C(=O)CC(NC(=O)c1ccccc1Cl)c1ccccc1. The summed E-state index contributed by atoms with van der Waals surface area (Å²) in [5.74, 6) is -1.11. The van der Waals surface area contributed by atoms with E-state index in [0.717, 1.165) is 5.56 Å². The zero-order chi connectivity index (χ0) is 25.3. The number of hydrogen-bond acceptors (Lipinski definition) is 5. The summed E-state index contributed by atoms with van der Waals surface area (Å²) in [4.78, 5) is 42.2. The highest BCUT2D eigenvalue weighted by Crippen LogP contribution is 2.21. The van der Waals surface area contributed by atoms with Gasteiger partial charge in [0.15, 0.2) is 0 Å². The molecule has 0 aliphatic carbocycles. The summed E-state index contributed by atoms with van der Waals surface area (Å²) in [5.41, 5.74) is 0.458. The highest BCUT2D eigenvalue weighted by atomic mass is 35.5. The summed E-state index contributed by atoms with van der Waals surface area (Å²) in [6.45, 7) is 6.12. The highest BCUT2D eigenvalue weighted by molar-refractivity contribution is 6.33. The Kier molecular flexibility index (Phi) is 10.1. The van der Waals surface area contributed by atoms with Crippen molar-refractivity contribution in [2.24, 2.45) is 0 Å². The molecule has 2 aromatic carbocycles. The first-order valence-corrected chi connectivity index (χ1v) is 11.6. The normalized spacial score (nSPS) is 12.2. The van der Waals surface area contributed by atoms with Gasteiger partial charge in [-0.05, 0) is 52.6 Å². The van der Waals surface area contributed by atoms with Gasteiger partial charge in [0.2, 0.25) is 5.91 Å². The number of halogens is 1. The van der Waals surface area contributed by atoms with Gasteiger partial charge in [0.1, 0.15) is 12.1 Å². The van der Waals surface area contributed by atoms with Crippen LogP contribution in [-0.4, -0.2) is 66.9 Å². The van der Waals surface area contributed by atoms with Gasteiger partial charge in [-0.15, -0.1) is 0 Å². The number of nitrogens with one attached hydrogen (secondary N) is 1. The van der Waals surface area contributed by atoms with Crippen molar-refractivity contribution >= 4 is 29.4 Å². The smallest absolute Gasteiger partial charge is 0.326 e. The number of amides is 2. The van der Waals surface area contributed by atoms with Gasteiger partial charge < -0.3 is 19.9 Å². The van der Waals surface area contributed by atoms with Crippen molar-refractivity contribution in [3.8, 4) is 0 Å². The predicted octanol–water partition coefficient (Wildman–Crippen LogP) is 3.93. The lowest BCUT2D eigenvalue weighted by atomic mass is 10.0. The standard InChI is InChI=1S/C26H34ClN3O4/c1-26(2,3)34-24(32)18-30(16-15-29(4)5)23(31)17-22(19-11-7-6-8-12-19)28-25(33)20-13-9-10-14-21(20)27/h6-14,22H,15-18H2,1-5H3,(H,28,33). The summed E-state index contributed by atoms with van der Waals surface area (Å²) >= 11 is 6.19. The third-order valence-corrected chi connectivity index (χ3v) is 5.24. The fourth-order valence-corrected chi connectivity index (χ4v) is 3.49. The summed E-state index contributed by atoms with van der Waals surface area (Å²) in [6.07, 6.45) is -0.0174. The van der Waals surface area contributed by atoms with Gasteiger partial charge in [-0.25, -0.2) is 0 Å². The highest BCUT2D eigenvalue weighted by Gasteiger charge is 2.26. The number of esters is 1. The van der Waals surface area contributed by atoms with Crippen LogP contribution in [0.5, 0.6) is 0 Å². The molecule has 1 atom stereocenters. The topological polar surface area (TPSA) is 79.0 Å². The molecule has 0 spiro atoms. The Balaban J connectivity index is 2.23. The Morgan fingerprint density at radius 3 is 2.18 bits per heavy atom. The number of hydrogen-bond donors (Lipinski definition) is 1. The maximum atomic E-state index is 13.3. The van der Waals surface area contributed by atoms with E-state index < -0.39 is 17.6 Å². The van der Waals surface area contributed by atoms with Crippen molar-refractivity contribution in [1.82, 2.24) is 15.1 Å². The lowest BCUT2D eigenvalue weighted by Gasteiger charge is -2.28. The van der Waals surface area contributed by atoms with E-state index in [9.17, 15) is 14.4 Å². The van der Waals surface area contributed by atoms with Crippen molar-refractivity contribution in [3.05, 3.63) is 70.7 Å². The Hall–Kier alpha value is -2.90. The summed E-state index contributed by atoms with van der Waals surface area (Å²) in [7, 11) is 3.79. The van der Waals surface area contributed by atoms with Crippen molar-refractivity contribution in [2.45, 2.75) is 38.8 Å². The van der Waals surface area contributed by atoms with E-state index in [2.05, 4.69) is 5.32 Å². The van der Waals surface area contributed by atoms with E-state index in [1.165, 1.54) is 4.90 Å². The van der Waals surface area contributed by atoms with Crippen LogP contribution in [0.2, 0.25) is 5.02 Å². The predicted molar refractivity (Wildman–Crippen MR) is 134 cm³/mol. The van der Waals surface area contributed by atoms with Gasteiger partial charge in [-0.3, -0.25) is 14.4 Å². The van der Waals surface area contributed by atoms with E-state index in [0.29, 0.717) is 23.7 Å². The van der Waals surface area contributed by atoms with Crippen LogP contribution in [0, 0.1) is 0 Å². The Labute approximate surface area is 207 Å². The van der Waals surface area contributed by atoms with E-state index in [1.807, 2.05) is 49.3 Å². The van der Waals surface area contributed by atoms with Crippen LogP contribution in [0.1, 0.15) is 49.2 Å². The molecular weight excluding hydrogens is 454 g/mol. The molecule has 0 saturated heterocycles. The maximum absolute atomic E-state index is 13.3. The van der Waals surface area contributed by atoms with Crippen molar-refractivity contribution in [2.75, 3.05) is 33.7 Å². The van der Waals surface area contributed by atoms with E-state index in [4.69, 9.17) is 16.3 Å². The van der Waals surface area contributed by atoms with Crippen LogP contribution in [0.15, 0.2) is 54.6 Å². The number of likely N-dealkylation sites (N-methyl/N-ethyl adjacent to an activating group) is 1. The van der Waals surface area contributed by atoms with Crippen molar-refractivity contribution < 1.29 is 19.1 Å². The molecule has 2 amide bonds. The second kappa shape index (κ2) is 12.5. The summed E-state index contributed by atoms with van der Waals surface area (Å²) in [6, 6.07) is 15.4. The zero-order valence-corrected chi connectivity index (χ0v) is 21.3. The molecule has 7 nitrogen and oxygen atoms in total. The number of rotatable bonds is 10. The molecule has 0 aliphatic rings. The van der Waals surface area contributed by atoms with Crippen molar-refractivity contribution in [3.63, 3.8) is 0 Å². The fourth-order valence-electron chi connectivity index (χ4n) is 3.26. The van der Waals surface area contributed by atoms with Gasteiger partial charge in [-0.2, -0.15) is 0 Å². The number of benzene rings is 2. The molecule has 2 rings (SSSR count). The molecule has 184 valence electrons. The third-order valence-electron chi connectivity index (χ3n) is 4.91. The molecule has 0 saturated carbocycles. The molecule has 1 N–H and O–H groups in total. The molecule has 2 aromatic rings.